The van der Waals surface area contributed by atoms with E-state index < -0.39 is 5.97 Å². The first-order valence-corrected chi connectivity index (χ1v) is 5.37. The standard InChI is InChI=1S/C12H11ClN2O2/c1-15-7-10(12(16)17-2)11(14-15)8-3-5-9(13)6-4-8/h3-7H,1-2H3. The molecule has 1 heterocycles. The highest BCUT2D eigenvalue weighted by Crippen LogP contribution is 2.23. The Kier molecular flexibility index (Phi) is 3.15. The van der Waals surface area contributed by atoms with Crippen molar-refractivity contribution < 1.29 is 9.53 Å². The lowest BCUT2D eigenvalue weighted by Crippen LogP contribution is -2.01. The van der Waals surface area contributed by atoms with Crippen molar-refractivity contribution in [1.82, 2.24) is 9.78 Å². The Balaban J connectivity index is 2.51. The molecule has 0 aliphatic rings. The largest absolute Gasteiger partial charge is 0.465 e. The van der Waals surface area contributed by atoms with E-state index in [-0.39, 0.29) is 0 Å². The van der Waals surface area contributed by atoms with Crippen molar-refractivity contribution in [2.24, 2.45) is 7.05 Å². The summed E-state index contributed by atoms with van der Waals surface area (Å²) < 4.78 is 6.30. The van der Waals surface area contributed by atoms with Crippen LogP contribution in [0.4, 0.5) is 0 Å². The lowest BCUT2D eigenvalue weighted by Gasteiger charge is -2.00. The molecule has 17 heavy (non-hydrogen) atoms. The maximum atomic E-state index is 11.6. The number of esters is 1. The van der Waals surface area contributed by atoms with E-state index in [2.05, 4.69) is 5.10 Å². The van der Waals surface area contributed by atoms with E-state index in [1.54, 1.807) is 30.1 Å². The van der Waals surface area contributed by atoms with Crippen LogP contribution in [0.3, 0.4) is 0 Å². The molecule has 0 saturated heterocycles. The molecule has 0 atom stereocenters. The van der Waals surface area contributed by atoms with Gasteiger partial charge in [-0.2, -0.15) is 5.10 Å². The second kappa shape index (κ2) is 4.59. The summed E-state index contributed by atoms with van der Waals surface area (Å²) >= 11 is 5.82. The van der Waals surface area contributed by atoms with Crippen molar-refractivity contribution in [3.63, 3.8) is 0 Å². The first-order valence-electron chi connectivity index (χ1n) is 4.99. The number of aromatic nitrogens is 2. The van der Waals surface area contributed by atoms with E-state index >= 15 is 0 Å². The first kappa shape index (κ1) is 11.7. The minimum atomic E-state index is -0.400. The fraction of sp³-hybridized carbons (Fsp3) is 0.167. The Labute approximate surface area is 104 Å². The van der Waals surface area contributed by atoms with Gasteiger partial charge in [0.15, 0.2) is 0 Å². The zero-order valence-corrected chi connectivity index (χ0v) is 10.2. The van der Waals surface area contributed by atoms with Crippen LogP contribution in [0.25, 0.3) is 11.3 Å². The van der Waals surface area contributed by atoms with Gasteiger partial charge in [0.1, 0.15) is 11.3 Å². The smallest absolute Gasteiger partial charge is 0.341 e. The maximum absolute atomic E-state index is 11.6. The van der Waals surface area contributed by atoms with Gasteiger partial charge in [-0.05, 0) is 12.1 Å². The Morgan fingerprint density at radius 1 is 1.35 bits per heavy atom. The van der Waals surface area contributed by atoms with Gasteiger partial charge in [0.2, 0.25) is 0 Å². The molecular formula is C12H11ClN2O2. The number of hydrogen-bond acceptors (Lipinski definition) is 3. The number of ether oxygens (including phenoxy) is 1. The molecular weight excluding hydrogens is 240 g/mol. The summed E-state index contributed by atoms with van der Waals surface area (Å²) in [5.41, 5.74) is 1.86. The van der Waals surface area contributed by atoms with E-state index in [0.717, 1.165) is 5.56 Å². The Morgan fingerprint density at radius 2 is 2.00 bits per heavy atom. The summed E-state index contributed by atoms with van der Waals surface area (Å²) in [5, 5.41) is 4.90. The van der Waals surface area contributed by atoms with Crippen molar-refractivity contribution in [1.29, 1.82) is 0 Å². The minimum absolute atomic E-state index is 0.400. The molecule has 0 aliphatic carbocycles. The predicted molar refractivity (Wildman–Crippen MR) is 65.0 cm³/mol. The lowest BCUT2D eigenvalue weighted by atomic mass is 10.1. The minimum Gasteiger partial charge on any atom is -0.465 e. The van der Waals surface area contributed by atoms with E-state index in [4.69, 9.17) is 16.3 Å². The molecule has 0 N–H and O–H groups in total. The fourth-order valence-corrected chi connectivity index (χ4v) is 1.69. The molecule has 0 aliphatic heterocycles. The zero-order chi connectivity index (χ0) is 12.4. The molecule has 0 radical (unpaired) electrons. The second-order valence-corrected chi connectivity index (χ2v) is 4.00. The van der Waals surface area contributed by atoms with Gasteiger partial charge in [-0.1, -0.05) is 23.7 Å². The van der Waals surface area contributed by atoms with E-state index in [1.165, 1.54) is 7.11 Å². The summed E-state index contributed by atoms with van der Waals surface area (Å²) in [4.78, 5) is 11.6. The Hall–Kier alpha value is -1.81. The van der Waals surface area contributed by atoms with E-state index in [9.17, 15) is 4.79 Å². The van der Waals surface area contributed by atoms with Crippen LogP contribution in [0.1, 0.15) is 10.4 Å². The SMILES string of the molecule is COC(=O)c1cn(C)nc1-c1ccc(Cl)cc1. The second-order valence-electron chi connectivity index (χ2n) is 3.56. The summed E-state index contributed by atoms with van der Waals surface area (Å²) in [5.74, 6) is -0.400. The third kappa shape index (κ3) is 2.31. The number of nitrogens with zero attached hydrogens (tertiary/aromatic N) is 2. The normalized spacial score (nSPS) is 10.3. The van der Waals surface area contributed by atoms with Gasteiger partial charge < -0.3 is 4.74 Å². The van der Waals surface area contributed by atoms with Gasteiger partial charge in [0.25, 0.3) is 0 Å². The van der Waals surface area contributed by atoms with Crippen molar-refractivity contribution in [2.45, 2.75) is 0 Å². The number of benzene rings is 1. The number of carbonyl (C=O) groups is 1. The highest BCUT2D eigenvalue weighted by Gasteiger charge is 2.17. The average molecular weight is 251 g/mol. The molecule has 4 nitrogen and oxygen atoms in total. The predicted octanol–water partition coefficient (Wildman–Crippen LogP) is 2.53. The van der Waals surface area contributed by atoms with Crippen LogP contribution in [-0.4, -0.2) is 22.9 Å². The summed E-state index contributed by atoms with van der Waals surface area (Å²) in [6.07, 6.45) is 1.63. The van der Waals surface area contributed by atoms with E-state index in [0.29, 0.717) is 16.3 Å². The molecule has 0 amide bonds. The van der Waals surface area contributed by atoms with E-state index in [1.807, 2.05) is 12.1 Å². The van der Waals surface area contributed by atoms with Crippen molar-refractivity contribution in [2.75, 3.05) is 7.11 Å². The average Bonchev–Trinajstić information content (AvgIpc) is 2.71. The third-order valence-corrected chi connectivity index (χ3v) is 2.60. The van der Waals surface area contributed by atoms with Gasteiger partial charge in [0, 0.05) is 23.8 Å². The van der Waals surface area contributed by atoms with Crippen molar-refractivity contribution in [3.05, 3.63) is 41.0 Å². The Morgan fingerprint density at radius 3 is 2.59 bits per heavy atom. The first-order chi connectivity index (χ1) is 8.11. The lowest BCUT2D eigenvalue weighted by molar-refractivity contribution is 0.0601. The molecule has 0 saturated carbocycles. The molecule has 2 aromatic rings. The molecule has 1 aromatic heterocycles. The quantitative estimate of drug-likeness (QED) is 0.770. The van der Waals surface area contributed by atoms with Gasteiger partial charge >= 0.3 is 5.97 Å². The number of methoxy groups -OCH3 is 1. The van der Waals surface area contributed by atoms with Gasteiger partial charge in [-0.15, -0.1) is 0 Å². The molecule has 0 bridgehead atoms. The van der Waals surface area contributed by atoms with Gasteiger partial charge in [-0.25, -0.2) is 4.79 Å². The number of hydrogen-bond donors (Lipinski definition) is 0. The zero-order valence-electron chi connectivity index (χ0n) is 9.48. The topological polar surface area (TPSA) is 44.1 Å². The van der Waals surface area contributed by atoms with Crippen LogP contribution in [0.2, 0.25) is 5.02 Å². The summed E-state index contributed by atoms with van der Waals surface area (Å²) in [6, 6.07) is 7.15. The highest BCUT2D eigenvalue weighted by molar-refractivity contribution is 6.30. The molecule has 0 spiro atoms. The molecule has 1 aromatic carbocycles. The van der Waals surface area contributed by atoms with Crippen LogP contribution in [0.15, 0.2) is 30.5 Å². The highest BCUT2D eigenvalue weighted by atomic mass is 35.5. The maximum Gasteiger partial charge on any atom is 0.341 e. The number of carbonyl (C=O) groups excluding carboxylic acids is 1. The monoisotopic (exact) mass is 250 g/mol. The van der Waals surface area contributed by atoms with Gasteiger partial charge in [0.05, 0.1) is 7.11 Å². The van der Waals surface area contributed by atoms with Crippen LogP contribution in [-0.2, 0) is 11.8 Å². The number of aryl methyl sites for hydroxylation is 1. The molecule has 2 rings (SSSR count). The Bertz CT molecular complexity index is 546. The summed E-state index contributed by atoms with van der Waals surface area (Å²) in [7, 11) is 3.10. The summed E-state index contributed by atoms with van der Waals surface area (Å²) in [6.45, 7) is 0. The van der Waals surface area contributed by atoms with Crippen LogP contribution >= 0.6 is 11.6 Å². The van der Waals surface area contributed by atoms with Gasteiger partial charge in [-0.3, -0.25) is 4.68 Å². The van der Waals surface area contributed by atoms with Crippen LogP contribution in [0, 0.1) is 0 Å². The molecule has 0 unspecified atom stereocenters. The molecule has 5 heteroatoms. The fourth-order valence-electron chi connectivity index (χ4n) is 1.57. The van der Waals surface area contributed by atoms with Crippen molar-refractivity contribution in [3.8, 4) is 11.3 Å². The van der Waals surface area contributed by atoms with Crippen LogP contribution < -0.4 is 0 Å². The van der Waals surface area contributed by atoms with Crippen LogP contribution in [0.5, 0.6) is 0 Å². The molecule has 88 valence electrons. The third-order valence-electron chi connectivity index (χ3n) is 2.35. The number of rotatable bonds is 2. The van der Waals surface area contributed by atoms with Crippen molar-refractivity contribution >= 4 is 17.6 Å². The number of halogens is 1. The molecule has 0 fully saturated rings.